The number of methoxy groups -OCH3 is 2. The Hall–Kier alpha value is -7.18. The number of carbonyl (C=O) groups excluding carboxylic acids is 4. The van der Waals surface area contributed by atoms with Crippen LogP contribution in [0.5, 0.6) is 0 Å². The molecule has 1 aliphatic heterocycles. The van der Waals surface area contributed by atoms with Crippen LogP contribution in [0.1, 0.15) is 55.5 Å². The van der Waals surface area contributed by atoms with Crippen molar-refractivity contribution in [3.05, 3.63) is 100 Å². The van der Waals surface area contributed by atoms with Crippen LogP contribution < -0.4 is 31.6 Å². The lowest BCUT2D eigenvalue weighted by molar-refractivity contribution is -0.221. The Balaban J connectivity index is 1.80. The fourth-order valence-corrected chi connectivity index (χ4v) is 7.14. The first-order valence-corrected chi connectivity index (χ1v) is 22.5. The van der Waals surface area contributed by atoms with Gasteiger partial charge >= 0.3 is 31.1 Å². The van der Waals surface area contributed by atoms with E-state index in [1.807, 2.05) is 15.6 Å². The SMILES string of the molecule is COC(=O)N[C@H](C(=O)N[C@@H](Cc1ccc(C#Cc2ccc(N3CCOCC3)nc2)cc1)[C@@H](O)CN(Cc1c(F)cc(/C(C=N)=C/NC(F)F)cc1F)NC(=O)[C@@H](NC(=O)OC)C(C)(C)C(F)(F)F)C(C)(C)C(F)(F)F. The number of halogens is 10. The van der Waals surface area contributed by atoms with Gasteiger partial charge in [0, 0.05) is 67.1 Å². The first kappa shape index (κ1) is 60.4. The zero-order valence-electron chi connectivity index (χ0n) is 41.1. The summed E-state index contributed by atoms with van der Waals surface area (Å²) in [6.07, 6.45) is -13.5. The molecule has 0 aliphatic carbocycles. The molecule has 2 aromatic carbocycles. The molecule has 3 aromatic rings. The van der Waals surface area contributed by atoms with Gasteiger partial charge in [0.05, 0.1) is 50.4 Å². The number of alkyl halides is 8. The molecule has 4 rings (SSSR count). The summed E-state index contributed by atoms with van der Waals surface area (Å²) >= 11 is 0. The number of hydrogen-bond acceptors (Lipinski definition) is 13. The van der Waals surface area contributed by atoms with Crippen molar-refractivity contribution in [2.24, 2.45) is 10.8 Å². The molecule has 27 heteroatoms. The molecule has 4 atom stereocenters. The van der Waals surface area contributed by atoms with E-state index in [1.54, 1.807) is 29.0 Å². The summed E-state index contributed by atoms with van der Waals surface area (Å²) in [5.41, 5.74) is -4.84. The van der Waals surface area contributed by atoms with Crippen LogP contribution in [0.3, 0.4) is 0 Å². The first-order valence-electron chi connectivity index (χ1n) is 22.5. The van der Waals surface area contributed by atoms with Crippen molar-refractivity contribution in [3.8, 4) is 11.8 Å². The van der Waals surface area contributed by atoms with Crippen LogP contribution in [0.15, 0.2) is 60.9 Å². The van der Waals surface area contributed by atoms with Crippen LogP contribution >= 0.6 is 0 Å². The number of benzene rings is 2. The van der Waals surface area contributed by atoms with Gasteiger partial charge in [0.15, 0.2) is 0 Å². The lowest BCUT2D eigenvalue weighted by Gasteiger charge is -2.38. The van der Waals surface area contributed by atoms with E-state index in [4.69, 9.17) is 10.1 Å². The molecule has 1 saturated heterocycles. The molecule has 0 unspecified atom stereocenters. The Morgan fingerprint density at radius 2 is 1.35 bits per heavy atom. The molecule has 1 fully saturated rings. The minimum absolute atomic E-state index is 0.253. The number of aromatic nitrogens is 1. The molecule has 0 saturated carbocycles. The van der Waals surface area contributed by atoms with Crippen LogP contribution in [-0.4, -0.2) is 136 Å². The fraction of sp³-hybridized carbons (Fsp3) is 0.458. The number of anilines is 1. The molecule has 1 aliphatic rings. The van der Waals surface area contributed by atoms with Crippen molar-refractivity contribution < 1.29 is 82.4 Å². The summed E-state index contributed by atoms with van der Waals surface area (Å²) in [5, 5.41) is 27.4. The quantitative estimate of drug-likeness (QED) is 0.0230. The average Bonchev–Trinajstić information content (AvgIpc) is 3.34. The van der Waals surface area contributed by atoms with Crippen LogP contribution in [0.25, 0.3) is 5.57 Å². The number of rotatable bonds is 20. The minimum atomic E-state index is -5.24. The number of aliphatic hydroxyl groups is 1. The van der Waals surface area contributed by atoms with Crippen molar-refractivity contribution in [2.45, 2.75) is 83.8 Å². The highest BCUT2D eigenvalue weighted by Gasteiger charge is 2.57. The van der Waals surface area contributed by atoms with E-state index in [-0.39, 0.29) is 5.56 Å². The van der Waals surface area contributed by atoms with Crippen molar-refractivity contribution in [2.75, 3.05) is 52.0 Å². The fourth-order valence-electron chi connectivity index (χ4n) is 7.14. The summed E-state index contributed by atoms with van der Waals surface area (Å²) in [6.45, 7) is -0.857. The van der Waals surface area contributed by atoms with Gasteiger partial charge in [0.2, 0.25) is 5.91 Å². The molecule has 0 radical (unpaired) electrons. The Morgan fingerprint density at radius 1 is 0.827 bits per heavy atom. The van der Waals surface area contributed by atoms with Crippen molar-refractivity contribution >= 4 is 41.6 Å². The molecule has 410 valence electrons. The number of amides is 4. The summed E-state index contributed by atoms with van der Waals surface area (Å²) in [6, 6.07) is 3.82. The van der Waals surface area contributed by atoms with Gasteiger partial charge in [-0.15, -0.1) is 0 Å². The molecule has 7 N–H and O–H groups in total. The number of alkyl carbamates (subject to hydrolysis) is 2. The molecular weight excluding hydrogens is 1020 g/mol. The predicted octanol–water partition coefficient (Wildman–Crippen LogP) is 5.95. The highest BCUT2D eigenvalue weighted by molar-refractivity contribution is 6.08. The molecule has 0 bridgehead atoms. The van der Waals surface area contributed by atoms with E-state index in [1.165, 1.54) is 24.3 Å². The second kappa shape index (κ2) is 25.9. The Morgan fingerprint density at radius 3 is 1.83 bits per heavy atom. The van der Waals surface area contributed by atoms with Gasteiger partial charge < -0.3 is 50.9 Å². The smallest absolute Gasteiger partial charge is 0.407 e. The maximum Gasteiger partial charge on any atom is 0.407 e. The maximum atomic E-state index is 15.9. The van der Waals surface area contributed by atoms with Crippen molar-refractivity contribution in [1.29, 1.82) is 5.41 Å². The van der Waals surface area contributed by atoms with Gasteiger partial charge in [-0.25, -0.2) is 28.4 Å². The van der Waals surface area contributed by atoms with Gasteiger partial charge in [0.1, 0.15) is 29.5 Å². The molecule has 4 amide bonds. The third-order valence-corrected chi connectivity index (χ3v) is 12.0. The normalized spacial score (nSPS) is 15.1. The highest BCUT2D eigenvalue weighted by atomic mass is 19.4. The van der Waals surface area contributed by atoms with Crippen LogP contribution in [0.4, 0.5) is 59.3 Å². The molecule has 1 aromatic heterocycles. The zero-order valence-corrected chi connectivity index (χ0v) is 41.1. The number of aliphatic hydroxyl groups excluding tert-OH is 1. The Kier molecular flexibility index (Phi) is 20.8. The summed E-state index contributed by atoms with van der Waals surface area (Å²) in [4.78, 5) is 59.1. The number of hydrogen-bond donors (Lipinski definition) is 7. The molecule has 75 heavy (non-hydrogen) atoms. The van der Waals surface area contributed by atoms with Crippen LogP contribution in [0, 0.1) is 39.7 Å². The topological polar surface area (TPSA) is 220 Å². The van der Waals surface area contributed by atoms with E-state index in [0.29, 0.717) is 94.7 Å². The van der Waals surface area contributed by atoms with Gasteiger partial charge in [-0.3, -0.25) is 15.0 Å². The lowest BCUT2D eigenvalue weighted by Crippen LogP contribution is -2.63. The number of morpholine rings is 1. The van der Waals surface area contributed by atoms with E-state index in [2.05, 4.69) is 31.6 Å². The van der Waals surface area contributed by atoms with Gasteiger partial charge in [-0.05, 0) is 81.6 Å². The van der Waals surface area contributed by atoms with E-state index >= 15 is 8.78 Å². The molecule has 0 spiro atoms. The van der Waals surface area contributed by atoms with Crippen LogP contribution in [-0.2, 0) is 36.8 Å². The number of allylic oxidation sites excluding steroid dienone is 1. The summed E-state index contributed by atoms with van der Waals surface area (Å²) in [5.74, 6) is 0.400. The molecular formula is C48H55F10N9O8. The number of nitrogens with one attached hydrogen (secondary N) is 6. The number of carbonyl (C=O) groups is 4. The summed E-state index contributed by atoms with van der Waals surface area (Å²) < 4.78 is 159. The second-order valence-corrected chi connectivity index (χ2v) is 17.9. The first-order chi connectivity index (χ1) is 35.0. The monoisotopic (exact) mass is 1080 g/mol. The lowest BCUT2D eigenvalue weighted by atomic mass is 9.82. The predicted molar refractivity (Wildman–Crippen MR) is 250 cm³/mol. The van der Waals surface area contributed by atoms with Gasteiger partial charge in [-0.1, -0.05) is 24.0 Å². The maximum absolute atomic E-state index is 15.9. The van der Waals surface area contributed by atoms with E-state index in [9.17, 15) is 59.4 Å². The van der Waals surface area contributed by atoms with E-state index < -0.39 is 126 Å². The minimum Gasteiger partial charge on any atom is -0.453 e. The Bertz CT molecular complexity index is 2540. The van der Waals surface area contributed by atoms with Crippen molar-refractivity contribution in [1.82, 2.24) is 36.7 Å². The van der Waals surface area contributed by atoms with Crippen molar-refractivity contribution in [3.63, 3.8) is 0 Å². The van der Waals surface area contributed by atoms with Crippen LogP contribution in [0.2, 0.25) is 0 Å². The number of hydrazine groups is 1. The summed E-state index contributed by atoms with van der Waals surface area (Å²) in [7, 11) is 1.58. The zero-order chi connectivity index (χ0) is 56.1. The number of pyridine rings is 1. The van der Waals surface area contributed by atoms with Gasteiger partial charge in [-0.2, -0.15) is 35.1 Å². The average molecular weight is 1080 g/mol. The largest absolute Gasteiger partial charge is 0.453 e. The molecule has 2 heterocycles. The second-order valence-electron chi connectivity index (χ2n) is 17.9. The number of nitrogens with zero attached hydrogens (tertiary/aromatic N) is 3. The standard InChI is InChI=1S/C48H55F10N9O8/c1-45(2,47(53,54)55)38(63-43(71)73-5)40(69)62-35(19-28-10-7-27(8-11-28)9-12-29-13-14-37(60-23-29)66-15-17-75-18-16-66)36(68)26-67(65-41(70)39(64-44(72)74-6)46(3,4)48(56,57)58)25-32-33(49)20-30(21-34(32)50)31(22-59)24-61-42(51)52/h7-8,10-11,13-14,20-24,35-36,38-39,42,59,61,68H,15-19,25-26H2,1-6H3,(H,62,69)(H,63,71)(H,64,72)(H,65,70)/b31-24+,59-22?/t35-,36-,38+,39+/m0/s1. The highest BCUT2D eigenvalue weighted by Crippen LogP contribution is 2.42. The van der Waals surface area contributed by atoms with E-state index in [0.717, 1.165) is 20.0 Å². The molecule has 17 nitrogen and oxygen atoms in total. The van der Waals surface area contributed by atoms with Gasteiger partial charge in [0.25, 0.3) is 5.91 Å². The Labute approximate surface area is 424 Å². The number of ether oxygens (including phenoxy) is 3. The third-order valence-electron chi connectivity index (χ3n) is 12.0. The third kappa shape index (κ3) is 16.4.